The lowest BCUT2D eigenvalue weighted by atomic mass is 9.96. The number of allylic oxidation sites excluding steroid dienone is 1. The minimum Gasteiger partial charge on any atom is -0.345 e. The number of imidazole rings is 1. The quantitative estimate of drug-likeness (QED) is 0.261. The summed E-state index contributed by atoms with van der Waals surface area (Å²) >= 11 is 0. The van der Waals surface area contributed by atoms with E-state index in [0.717, 1.165) is 44.4 Å². The molecule has 0 aliphatic heterocycles. The number of fused-ring (bicyclic) bond motifs is 1. The van der Waals surface area contributed by atoms with Gasteiger partial charge in [0.05, 0.1) is 17.9 Å². The number of aromatic amines is 1. The van der Waals surface area contributed by atoms with Gasteiger partial charge >= 0.3 is 0 Å². The van der Waals surface area contributed by atoms with Crippen molar-refractivity contribution >= 4 is 22.8 Å². The Morgan fingerprint density at radius 2 is 1.70 bits per heavy atom. The number of H-pyrrole nitrogens is 1. The molecule has 1 amide bonds. The Morgan fingerprint density at radius 3 is 2.46 bits per heavy atom. The molecule has 2 heterocycles. The van der Waals surface area contributed by atoms with Crippen LogP contribution in [-0.4, -0.2) is 20.9 Å². The van der Waals surface area contributed by atoms with Crippen LogP contribution in [0.2, 0.25) is 0 Å². The molecule has 5 aromatic rings. The second-order valence-corrected chi connectivity index (χ2v) is 9.30. The number of carbonyl (C=O) groups is 1. The van der Waals surface area contributed by atoms with E-state index in [1.165, 1.54) is 12.1 Å². The van der Waals surface area contributed by atoms with Crippen LogP contribution in [0.5, 0.6) is 0 Å². The fourth-order valence-corrected chi connectivity index (χ4v) is 4.35. The lowest BCUT2D eigenvalue weighted by Crippen LogP contribution is -2.27. The van der Waals surface area contributed by atoms with Crippen molar-refractivity contribution in [3.05, 3.63) is 113 Å². The smallest absolute Gasteiger partial charge is 0.252 e. The second kappa shape index (κ2) is 10.2. The number of aromatic nitrogens is 3. The molecule has 6 heteroatoms. The van der Waals surface area contributed by atoms with Crippen molar-refractivity contribution in [1.82, 2.24) is 20.3 Å². The molecule has 3 aromatic carbocycles. The van der Waals surface area contributed by atoms with Gasteiger partial charge in [-0.15, -0.1) is 0 Å². The van der Waals surface area contributed by atoms with Crippen LogP contribution in [-0.2, 0) is 0 Å². The standard InChI is InChI=1S/C31H27FN4O/c1-19(2)15-27-25(9-6-10-26(27)31(37)35-20(3)21-11-13-24(32)14-12-21)29-18-34-30(36-29)28-16-22-7-4-5-8-23(22)17-33-28/h4-18,20H,1-3H3,(H,34,36)(H,35,37)/t20-/m1/s1. The third kappa shape index (κ3) is 5.19. The summed E-state index contributed by atoms with van der Waals surface area (Å²) in [4.78, 5) is 25.9. The predicted molar refractivity (Wildman–Crippen MR) is 146 cm³/mol. The van der Waals surface area contributed by atoms with Crippen molar-refractivity contribution in [2.75, 3.05) is 0 Å². The summed E-state index contributed by atoms with van der Waals surface area (Å²) < 4.78 is 13.3. The van der Waals surface area contributed by atoms with E-state index in [1.807, 2.05) is 81.6 Å². The van der Waals surface area contributed by atoms with Crippen molar-refractivity contribution < 1.29 is 9.18 Å². The summed E-state index contributed by atoms with van der Waals surface area (Å²) in [6.07, 6.45) is 5.61. The Hall–Kier alpha value is -4.58. The summed E-state index contributed by atoms with van der Waals surface area (Å²) in [6.45, 7) is 5.88. The van der Waals surface area contributed by atoms with Crippen LogP contribution in [0.4, 0.5) is 4.39 Å². The highest BCUT2D eigenvalue weighted by atomic mass is 19.1. The number of benzene rings is 3. The van der Waals surface area contributed by atoms with Crippen LogP contribution >= 0.6 is 0 Å². The molecule has 5 nitrogen and oxygen atoms in total. The zero-order valence-electron chi connectivity index (χ0n) is 20.9. The van der Waals surface area contributed by atoms with Crippen molar-refractivity contribution in [1.29, 1.82) is 0 Å². The Morgan fingerprint density at radius 1 is 0.946 bits per heavy atom. The molecule has 0 bridgehead atoms. The molecule has 0 saturated carbocycles. The molecule has 2 aromatic heterocycles. The number of halogens is 1. The normalized spacial score (nSPS) is 11.8. The topological polar surface area (TPSA) is 70.7 Å². The third-order valence-electron chi connectivity index (χ3n) is 6.24. The lowest BCUT2D eigenvalue weighted by Gasteiger charge is -2.17. The van der Waals surface area contributed by atoms with Gasteiger partial charge in [-0.1, -0.05) is 60.2 Å². The molecule has 0 unspecified atom stereocenters. The van der Waals surface area contributed by atoms with Crippen molar-refractivity contribution in [3.63, 3.8) is 0 Å². The van der Waals surface area contributed by atoms with Gasteiger partial charge in [0.1, 0.15) is 11.5 Å². The minimum atomic E-state index is -0.307. The van der Waals surface area contributed by atoms with Gasteiger partial charge in [0.2, 0.25) is 0 Å². The third-order valence-corrected chi connectivity index (χ3v) is 6.24. The van der Waals surface area contributed by atoms with E-state index >= 15 is 0 Å². The Bertz CT molecular complexity index is 1610. The second-order valence-electron chi connectivity index (χ2n) is 9.30. The van der Waals surface area contributed by atoms with Crippen molar-refractivity contribution in [3.8, 4) is 22.8 Å². The summed E-state index contributed by atoms with van der Waals surface area (Å²) in [5.41, 5.74) is 5.64. The van der Waals surface area contributed by atoms with E-state index in [1.54, 1.807) is 18.3 Å². The van der Waals surface area contributed by atoms with Crippen LogP contribution in [0.25, 0.3) is 39.6 Å². The zero-order chi connectivity index (χ0) is 25.9. The van der Waals surface area contributed by atoms with Crippen LogP contribution in [0.1, 0.15) is 48.3 Å². The van der Waals surface area contributed by atoms with Gasteiger partial charge in [0.25, 0.3) is 5.91 Å². The number of hydrogen-bond acceptors (Lipinski definition) is 3. The van der Waals surface area contributed by atoms with Crippen LogP contribution in [0.3, 0.4) is 0 Å². The molecule has 0 aliphatic carbocycles. The van der Waals surface area contributed by atoms with Crippen molar-refractivity contribution in [2.24, 2.45) is 0 Å². The maximum absolute atomic E-state index is 13.4. The van der Waals surface area contributed by atoms with Gasteiger partial charge < -0.3 is 10.3 Å². The van der Waals surface area contributed by atoms with E-state index in [4.69, 9.17) is 0 Å². The molecule has 37 heavy (non-hydrogen) atoms. The first-order valence-corrected chi connectivity index (χ1v) is 12.1. The molecule has 5 rings (SSSR count). The highest BCUT2D eigenvalue weighted by Crippen LogP contribution is 2.30. The number of nitrogens with one attached hydrogen (secondary N) is 2. The van der Waals surface area contributed by atoms with E-state index < -0.39 is 0 Å². The number of carbonyl (C=O) groups excluding carboxylic acids is 1. The maximum Gasteiger partial charge on any atom is 0.252 e. The van der Waals surface area contributed by atoms with Gasteiger partial charge in [-0.25, -0.2) is 9.37 Å². The van der Waals surface area contributed by atoms with Gasteiger partial charge in [0, 0.05) is 22.7 Å². The first-order valence-electron chi connectivity index (χ1n) is 12.1. The zero-order valence-corrected chi connectivity index (χ0v) is 20.9. The monoisotopic (exact) mass is 490 g/mol. The average molecular weight is 491 g/mol. The molecule has 184 valence electrons. The molecule has 0 saturated heterocycles. The summed E-state index contributed by atoms with van der Waals surface area (Å²) in [7, 11) is 0. The molecule has 0 radical (unpaired) electrons. The molecule has 0 fully saturated rings. The molecule has 2 N–H and O–H groups in total. The first-order chi connectivity index (χ1) is 17.9. The van der Waals surface area contributed by atoms with E-state index in [0.29, 0.717) is 11.4 Å². The Balaban J connectivity index is 1.49. The number of rotatable bonds is 6. The number of amides is 1. The number of pyridine rings is 1. The predicted octanol–water partition coefficient (Wildman–Crippen LogP) is 7.35. The highest BCUT2D eigenvalue weighted by molar-refractivity contribution is 6.00. The first kappa shape index (κ1) is 24.1. The number of hydrogen-bond donors (Lipinski definition) is 2. The van der Waals surface area contributed by atoms with Crippen LogP contribution < -0.4 is 5.32 Å². The molecular weight excluding hydrogens is 463 g/mol. The van der Waals surface area contributed by atoms with Gasteiger partial charge in [-0.3, -0.25) is 9.78 Å². The maximum atomic E-state index is 13.4. The van der Waals surface area contributed by atoms with Crippen LogP contribution in [0, 0.1) is 5.82 Å². The van der Waals surface area contributed by atoms with Crippen molar-refractivity contribution in [2.45, 2.75) is 26.8 Å². The average Bonchev–Trinajstić information content (AvgIpc) is 3.38. The van der Waals surface area contributed by atoms with Gasteiger partial charge in [0.15, 0.2) is 5.82 Å². The SMILES string of the molecule is CC(C)=Cc1c(C(=O)N[C@H](C)c2ccc(F)cc2)cccc1-c1cnc(-c2cc3ccccc3cn2)[nH]1. The van der Waals surface area contributed by atoms with Gasteiger partial charge in [-0.2, -0.15) is 0 Å². The Kier molecular flexibility index (Phi) is 6.64. The van der Waals surface area contributed by atoms with Gasteiger partial charge in [-0.05, 0) is 61.5 Å². The highest BCUT2D eigenvalue weighted by Gasteiger charge is 2.18. The molecule has 0 aliphatic rings. The summed E-state index contributed by atoms with van der Waals surface area (Å²) in [5.74, 6) is 0.143. The number of nitrogens with zero attached hydrogens (tertiary/aromatic N) is 2. The van der Waals surface area contributed by atoms with E-state index in [9.17, 15) is 9.18 Å². The fourth-order valence-electron chi connectivity index (χ4n) is 4.35. The van der Waals surface area contributed by atoms with E-state index in [-0.39, 0.29) is 17.8 Å². The fraction of sp³-hybridized carbons (Fsp3) is 0.129. The lowest BCUT2D eigenvalue weighted by molar-refractivity contribution is 0.0939. The summed E-state index contributed by atoms with van der Waals surface area (Å²) in [6, 6.07) is 21.6. The Labute approximate surface area is 215 Å². The largest absolute Gasteiger partial charge is 0.345 e. The van der Waals surface area contributed by atoms with E-state index in [2.05, 4.69) is 20.3 Å². The minimum absolute atomic E-state index is 0.206. The molecule has 1 atom stereocenters. The summed E-state index contributed by atoms with van der Waals surface area (Å²) in [5, 5.41) is 5.20. The van der Waals surface area contributed by atoms with Crippen LogP contribution in [0.15, 0.2) is 90.8 Å². The molecular formula is C31H27FN4O. The molecule has 0 spiro atoms.